The number of hydrogen-bond acceptors (Lipinski definition) is 2. The lowest BCUT2D eigenvalue weighted by molar-refractivity contribution is 0.331. The molecule has 100 valence electrons. The molecule has 0 unspecified atom stereocenters. The molecule has 0 heterocycles. The number of halogens is 2. The molecule has 2 aromatic carbocycles. The van der Waals surface area contributed by atoms with Crippen LogP contribution >= 0.6 is 15.9 Å². The zero-order chi connectivity index (χ0) is 13.7. The normalized spacial score (nSPS) is 10.3. The molecule has 0 fully saturated rings. The summed E-state index contributed by atoms with van der Waals surface area (Å²) in [7, 11) is 0. The Morgan fingerprint density at radius 1 is 1.16 bits per heavy atom. The second-order valence-electron chi connectivity index (χ2n) is 4.19. The number of aryl methyl sites for hydroxylation is 1. The van der Waals surface area contributed by atoms with Crippen molar-refractivity contribution >= 4 is 21.6 Å². The Morgan fingerprint density at radius 3 is 2.58 bits per heavy atom. The monoisotopic (exact) mass is 323 g/mol. The molecule has 19 heavy (non-hydrogen) atoms. The van der Waals surface area contributed by atoms with Gasteiger partial charge in [0, 0.05) is 22.8 Å². The highest BCUT2D eigenvalue weighted by atomic mass is 79.9. The minimum Gasteiger partial charge on any atom is -0.492 e. The lowest BCUT2D eigenvalue weighted by Crippen LogP contribution is -2.11. The van der Waals surface area contributed by atoms with Crippen LogP contribution in [0.2, 0.25) is 0 Å². The number of ether oxygens (including phenoxy) is 1. The van der Waals surface area contributed by atoms with Gasteiger partial charge in [-0.2, -0.15) is 0 Å². The van der Waals surface area contributed by atoms with E-state index in [-0.39, 0.29) is 5.82 Å². The second kappa shape index (κ2) is 6.57. The van der Waals surface area contributed by atoms with Crippen LogP contribution in [0.1, 0.15) is 5.56 Å². The van der Waals surface area contributed by atoms with Gasteiger partial charge >= 0.3 is 0 Å². The lowest BCUT2D eigenvalue weighted by Gasteiger charge is -2.09. The largest absolute Gasteiger partial charge is 0.492 e. The summed E-state index contributed by atoms with van der Waals surface area (Å²) in [6.45, 7) is 2.88. The van der Waals surface area contributed by atoms with Crippen LogP contribution in [0.15, 0.2) is 46.9 Å². The van der Waals surface area contributed by atoms with Crippen molar-refractivity contribution in [3.8, 4) is 5.75 Å². The van der Waals surface area contributed by atoms with Gasteiger partial charge in [-0.05, 0) is 42.8 Å². The highest BCUT2D eigenvalue weighted by Gasteiger charge is 2.00. The first-order valence-corrected chi connectivity index (χ1v) is 6.83. The fourth-order valence-electron chi connectivity index (χ4n) is 1.60. The molecule has 0 saturated heterocycles. The molecular formula is C15H15BrFNO. The molecule has 1 N–H and O–H groups in total. The van der Waals surface area contributed by atoms with Crippen molar-refractivity contribution in [1.29, 1.82) is 0 Å². The number of benzene rings is 2. The van der Waals surface area contributed by atoms with Crippen LogP contribution in [0.4, 0.5) is 10.1 Å². The van der Waals surface area contributed by atoms with Gasteiger partial charge in [0.1, 0.15) is 18.2 Å². The summed E-state index contributed by atoms with van der Waals surface area (Å²) < 4.78 is 19.8. The topological polar surface area (TPSA) is 21.3 Å². The molecule has 0 aliphatic heterocycles. The molecular weight excluding hydrogens is 309 g/mol. The Morgan fingerprint density at radius 2 is 1.89 bits per heavy atom. The Labute approximate surface area is 120 Å². The molecule has 0 radical (unpaired) electrons. The molecule has 0 atom stereocenters. The summed E-state index contributed by atoms with van der Waals surface area (Å²) in [6, 6.07) is 12.8. The third-order valence-corrected chi connectivity index (χ3v) is 3.22. The van der Waals surface area contributed by atoms with Gasteiger partial charge in [-0.25, -0.2) is 4.39 Å². The van der Waals surface area contributed by atoms with Crippen molar-refractivity contribution in [3.05, 3.63) is 58.3 Å². The molecule has 4 heteroatoms. The Balaban J connectivity index is 1.77. The first kappa shape index (κ1) is 13.9. The molecule has 2 aromatic rings. The van der Waals surface area contributed by atoms with Gasteiger partial charge in [-0.1, -0.05) is 22.0 Å². The molecule has 0 amide bonds. The number of rotatable bonds is 5. The zero-order valence-electron chi connectivity index (χ0n) is 10.6. The lowest BCUT2D eigenvalue weighted by atomic mass is 10.2. The van der Waals surface area contributed by atoms with Crippen LogP contribution < -0.4 is 10.1 Å². The van der Waals surface area contributed by atoms with E-state index < -0.39 is 0 Å². The van der Waals surface area contributed by atoms with Crippen molar-refractivity contribution in [3.63, 3.8) is 0 Å². The molecule has 0 saturated carbocycles. The van der Waals surface area contributed by atoms with Crippen LogP contribution in [0.3, 0.4) is 0 Å². The summed E-state index contributed by atoms with van der Waals surface area (Å²) in [5.41, 5.74) is 1.65. The van der Waals surface area contributed by atoms with Crippen LogP contribution in [0.5, 0.6) is 5.75 Å². The highest BCUT2D eigenvalue weighted by Crippen LogP contribution is 2.16. The van der Waals surface area contributed by atoms with Crippen LogP contribution in [0, 0.1) is 12.7 Å². The molecule has 2 rings (SSSR count). The maximum absolute atomic E-state index is 13.3. The zero-order valence-corrected chi connectivity index (χ0v) is 12.2. The first-order valence-electron chi connectivity index (χ1n) is 6.03. The SMILES string of the molecule is Cc1ccc(OCCNc2ccc(Br)cc2)cc1F. The number of anilines is 1. The molecule has 0 aliphatic carbocycles. The van der Waals surface area contributed by atoms with Gasteiger partial charge in [-0.3, -0.25) is 0 Å². The molecule has 0 aromatic heterocycles. The van der Waals surface area contributed by atoms with Crippen LogP contribution in [-0.2, 0) is 0 Å². The van der Waals surface area contributed by atoms with E-state index in [9.17, 15) is 4.39 Å². The van der Waals surface area contributed by atoms with Gasteiger partial charge in [0.15, 0.2) is 0 Å². The van der Waals surface area contributed by atoms with E-state index in [4.69, 9.17) is 4.74 Å². The third-order valence-electron chi connectivity index (χ3n) is 2.69. The average molecular weight is 324 g/mol. The fraction of sp³-hybridized carbons (Fsp3) is 0.200. The summed E-state index contributed by atoms with van der Waals surface area (Å²) in [4.78, 5) is 0. The van der Waals surface area contributed by atoms with Crippen LogP contribution in [-0.4, -0.2) is 13.2 Å². The number of hydrogen-bond donors (Lipinski definition) is 1. The summed E-state index contributed by atoms with van der Waals surface area (Å²) in [6.07, 6.45) is 0. The van der Waals surface area contributed by atoms with E-state index in [1.165, 1.54) is 6.07 Å². The average Bonchev–Trinajstić information content (AvgIpc) is 2.41. The van der Waals surface area contributed by atoms with Gasteiger partial charge < -0.3 is 10.1 Å². The van der Waals surface area contributed by atoms with Gasteiger partial charge in [-0.15, -0.1) is 0 Å². The Hall–Kier alpha value is -1.55. The van der Waals surface area contributed by atoms with E-state index in [0.29, 0.717) is 24.5 Å². The molecule has 0 bridgehead atoms. The minimum absolute atomic E-state index is 0.238. The fourth-order valence-corrected chi connectivity index (χ4v) is 1.86. The first-order chi connectivity index (χ1) is 9.15. The molecule has 0 aliphatic rings. The third kappa shape index (κ3) is 4.24. The van der Waals surface area contributed by atoms with E-state index >= 15 is 0 Å². The minimum atomic E-state index is -0.238. The predicted molar refractivity (Wildman–Crippen MR) is 79.3 cm³/mol. The Kier molecular flexibility index (Phi) is 4.80. The Bertz CT molecular complexity index is 542. The second-order valence-corrected chi connectivity index (χ2v) is 5.11. The van der Waals surface area contributed by atoms with Crippen molar-refractivity contribution in [1.82, 2.24) is 0 Å². The predicted octanol–water partition coefficient (Wildman–Crippen LogP) is 4.39. The van der Waals surface area contributed by atoms with Crippen molar-refractivity contribution in [2.45, 2.75) is 6.92 Å². The maximum atomic E-state index is 13.3. The van der Waals surface area contributed by atoms with Crippen molar-refractivity contribution in [2.75, 3.05) is 18.5 Å². The standard InChI is InChI=1S/C15H15BrFNO/c1-11-2-7-14(10-15(11)17)19-9-8-18-13-5-3-12(16)4-6-13/h2-7,10,18H,8-9H2,1H3. The summed E-state index contributed by atoms with van der Waals surface area (Å²) in [5, 5.41) is 3.23. The van der Waals surface area contributed by atoms with Gasteiger partial charge in [0.2, 0.25) is 0 Å². The van der Waals surface area contributed by atoms with Gasteiger partial charge in [0.25, 0.3) is 0 Å². The van der Waals surface area contributed by atoms with Crippen molar-refractivity contribution in [2.24, 2.45) is 0 Å². The summed E-state index contributed by atoms with van der Waals surface area (Å²) in [5.74, 6) is 0.319. The van der Waals surface area contributed by atoms with Crippen LogP contribution in [0.25, 0.3) is 0 Å². The summed E-state index contributed by atoms with van der Waals surface area (Å²) >= 11 is 3.38. The number of nitrogens with one attached hydrogen (secondary N) is 1. The van der Waals surface area contributed by atoms with E-state index in [2.05, 4.69) is 21.2 Å². The van der Waals surface area contributed by atoms with Crippen molar-refractivity contribution < 1.29 is 9.13 Å². The molecule has 0 spiro atoms. The maximum Gasteiger partial charge on any atom is 0.129 e. The van der Waals surface area contributed by atoms with E-state index in [1.807, 2.05) is 24.3 Å². The highest BCUT2D eigenvalue weighted by molar-refractivity contribution is 9.10. The van der Waals surface area contributed by atoms with Gasteiger partial charge in [0.05, 0.1) is 0 Å². The molecule has 2 nitrogen and oxygen atoms in total. The van der Waals surface area contributed by atoms with E-state index in [0.717, 1.165) is 10.2 Å². The smallest absolute Gasteiger partial charge is 0.129 e. The van der Waals surface area contributed by atoms with E-state index in [1.54, 1.807) is 19.1 Å². The quantitative estimate of drug-likeness (QED) is 0.824.